The minimum atomic E-state index is -0.0802. The Kier molecular flexibility index (Phi) is 6.16. The quantitative estimate of drug-likeness (QED) is 0.315. The van der Waals surface area contributed by atoms with Crippen molar-refractivity contribution in [2.24, 2.45) is 0 Å². The number of benzene rings is 1. The molecule has 0 aliphatic rings. The first-order valence-corrected chi connectivity index (χ1v) is 11.9. The minimum Gasteiger partial charge on any atom is -0.339 e. The fourth-order valence-corrected chi connectivity index (χ4v) is 4.16. The molecule has 4 heterocycles. The summed E-state index contributed by atoms with van der Waals surface area (Å²) in [6, 6.07) is 9.36. The van der Waals surface area contributed by atoms with Gasteiger partial charge in [0.2, 0.25) is 5.91 Å². The average Bonchev–Trinajstić information content (AvgIpc) is 3.53. The molecule has 0 atom stereocenters. The molecule has 182 valence electrons. The number of para-hydroxylation sites is 1. The molecule has 3 N–H and O–H groups in total. The fourth-order valence-electron chi connectivity index (χ4n) is 4.16. The molecule has 0 unspecified atom stereocenters. The molecule has 5 aromatic rings. The van der Waals surface area contributed by atoms with Crippen molar-refractivity contribution in [2.45, 2.75) is 27.2 Å². The number of pyridine rings is 2. The summed E-state index contributed by atoms with van der Waals surface area (Å²) in [5.74, 6) is 0.432. The van der Waals surface area contributed by atoms with Gasteiger partial charge in [-0.2, -0.15) is 5.10 Å². The van der Waals surface area contributed by atoms with Crippen molar-refractivity contribution in [3.8, 4) is 22.6 Å². The van der Waals surface area contributed by atoms with Gasteiger partial charge in [0.05, 0.1) is 28.4 Å². The second-order valence-corrected chi connectivity index (χ2v) is 8.32. The van der Waals surface area contributed by atoms with Gasteiger partial charge in [0, 0.05) is 43.0 Å². The van der Waals surface area contributed by atoms with E-state index in [4.69, 9.17) is 4.98 Å². The smallest absolute Gasteiger partial charge is 0.256 e. The number of nitrogens with zero attached hydrogens (tertiary/aromatic N) is 5. The summed E-state index contributed by atoms with van der Waals surface area (Å²) in [6.07, 6.45) is 5.43. The van der Waals surface area contributed by atoms with E-state index >= 15 is 0 Å². The number of anilines is 1. The van der Waals surface area contributed by atoms with E-state index in [9.17, 15) is 9.59 Å². The number of amides is 2. The van der Waals surface area contributed by atoms with Gasteiger partial charge in [-0.3, -0.25) is 19.7 Å². The molecule has 0 aliphatic heterocycles. The predicted octanol–water partition coefficient (Wildman–Crippen LogP) is 4.39. The van der Waals surface area contributed by atoms with Crippen LogP contribution in [0.5, 0.6) is 0 Å². The molecule has 0 spiro atoms. The molecule has 5 rings (SSSR count). The van der Waals surface area contributed by atoms with Gasteiger partial charge in [-0.1, -0.05) is 13.0 Å². The van der Waals surface area contributed by atoms with Gasteiger partial charge >= 0.3 is 0 Å². The Balaban J connectivity index is 1.56. The molecule has 10 nitrogen and oxygen atoms in total. The van der Waals surface area contributed by atoms with Crippen molar-refractivity contribution >= 4 is 39.6 Å². The molecule has 0 aliphatic carbocycles. The number of aromatic nitrogens is 6. The maximum absolute atomic E-state index is 13.1. The van der Waals surface area contributed by atoms with E-state index in [1.807, 2.05) is 38.1 Å². The van der Waals surface area contributed by atoms with Crippen molar-refractivity contribution in [3.05, 3.63) is 54.5 Å². The Hall–Kier alpha value is -4.60. The summed E-state index contributed by atoms with van der Waals surface area (Å²) in [5, 5.41) is 11.0. The van der Waals surface area contributed by atoms with Gasteiger partial charge in [0.15, 0.2) is 11.5 Å². The number of hydrogen-bond donors (Lipinski definition) is 3. The van der Waals surface area contributed by atoms with E-state index in [2.05, 4.69) is 30.5 Å². The van der Waals surface area contributed by atoms with Crippen LogP contribution in [0.1, 0.15) is 37.6 Å². The number of nitrogens with one attached hydrogen (secondary N) is 3. The normalized spacial score (nSPS) is 11.2. The maximum Gasteiger partial charge on any atom is 0.256 e. The maximum atomic E-state index is 13.1. The van der Waals surface area contributed by atoms with E-state index in [1.165, 1.54) is 0 Å². The molecule has 10 heteroatoms. The SMILES string of the molecule is CCC(=O)Nc1cncc(-c2cnc3n[nH]c(-c4nc5c(C(=O)N(CC)CC)cccc5[nH]4)c3c2)c1. The van der Waals surface area contributed by atoms with Gasteiger partial charge in [-0.25, -0.2) is 9.97 Å². The van der Waals surface area contributed by atoms with Gasteiger partial charge in [-0.05, 0) is 38.1 Å². The Morgan fingerprint density at radius 3 is 2.61 bits per heavy atom. The van der Waals surface area contributed by atoms with Crippen molar-refractivity contribution in [3.63, 3.8) is 0 Å². The van der Waals surface area contributed by atoms with Crippen molar-refractivity contribution in [1.82, 2.24) is 35.0 Å². The Morgan fingerprint density at radius 2 is 1.83 bits per heavy atom. The van der Waals surface area contributed by atoms with Crippen LogP contribution in [0.25, 0.3) is 44.7 Å². The number of aromatic amines is 2. The lowest BCUT2D eigenvalue weighted by atomic mass is 10.1. The van der Waals surface area contributed by atoms with Gasteiger partial charge in [0.25, 0.3) is 5.91 Å². The lowest BCUT2D eigenvalue weighted by Gasteiger charge is -2.18. The van der Waals surface area contributed by atoms with Crippen LogP contribution in [0, 0.1) is 0 Å². The second-order valence-electron chi connectivity index (χ2n) is 8.32. The number of imidazole rings is 1. The zero-order chi connectivity index (χ0) is 25.2. The van der Waals surface area contributed by atoms with Gasteiger partial charge < -0.3 is 15.2 Å². The molecule has 0 bridgehead atoms. The average molecular weight is 483 g/mol. The first-order chi connectivity index (χ1) is 17.5. The Bertz CT molecular complexity index is 1580. The van der Waals surface area contributed by atoms with Crippen molar-refractivity contribution < 1.29 is 9.59 Å². The van der Waals surface area contributed by atoms with Crippen LogP contribution in [-0.2, 0) is 4.79 Å². The number of fused-ring (bicyclic) bond motifs is 2. The molecule has 0 radical (unpaired) electrons. The number of carbonyl (C=O) groups excluding carboxylic acids is 2. The second kappa shape index (κ2) is 9.57. The van der Waals surface area contributed by atoms with Crippen LogP contribution in [0.3, 0.4) is 0 Å². The van der Waals surface area contributed by atoms with Gasteiger partial charge in [0.1, 0.15) is 11.2 Å². The standard InChI is InChI=1S/C26H26N8O2/c1-4-21(35)29-17-10-15(12-27-14-17)16-11-19-23(32-33-24(19)28-13-16)25-30-20-9-7-8-18(22(20)31-25)26(36)34(5-2)6-3/h7-14H,4-6H2,1-3H3,(H,29,35)(H,30,31)(H,28,32,33). The molecule has 1 aromatic carbocycles. The van der Waals surface area contributed by atoms with Crippen molar-refractivity contribution in [2.75, 3.05) is 18.4 Å². The van der Waals surface area contributed by atoms with Crippen molar-refractivity contribution in [1.29, 1.82) is 0 Å². The lowest BCUT2D eigenvalue weighted by Crippen LogP contribution is -2.30. The summed E-state index contributed by atoms with van der Waals surface area (Å²) in [4.78, 5) is 43.5. The number of hydrogen-bond acceptors (Lipinski definition) is 6. The Labute approximate surface area is 207 Å². The summed E-state index contributed by atoms with van der Waals surface area (Å²) in [7, 11) is 0. The predicted molar refractivity (Wildman–Crippen MR) is 138 cm³/mol. The summed E-state index contributed by atoms with van der Waals surface area (Å²) in [5.41, 5.74) is 5.38. The van der Waals surface area contributed by atoms with Gasteiger partial charge in [-0.15, -0.1) is 0 Å². The summed E-state index contributed by atoms with van der Waals surface area (Å²) in [6.45, 7) is 6.97. The Morgan fingerprint density at radius 1 is 1.03 bits per heavy atom. The third kappa shape index (κ3) is 4.17. The monoisotopic (exact) mass is 482 g/mol. The number of H-pyrrole nitrogens is 2. The summed E-state index contributed by atoms with van der Waals surface area (Å²) >= 11 is 0. The van der Waals surface area contributed by atoms with E-state index in [-0.39, 0.29) is 11.8 Å². The van der Waals surface area contributed by atoms with Crippen LogP contribution < -0.4 is 5.32 Å². The topological polar surface area (TPSA) is 133 Å². The highest BCUT2D eigenvalue weighted by molar-refractivity contribution is 6.06. The van der Waals surface area contributed by atoms with E-state index in [0.717, 1.165) is 22.0 Å². The molecule has 0 fully saturated rings. The first kappa shape index (κ1) is 23.2. The van der Waals surface area contributed by atoms with Crippen LogP contribution in [-0.4, -0.2) is 59.9 Å². The third-order valence-corrected chi connectivity index (χ3v) is 6.12. The largest absolute Gasteiger partial charge is 0.339 e. The van der Waals surface area contributed by atoms with E-state index in [0.29, 0.717) is 53.4 Å². The van der Waals surface area contributed by atoms with Crippen LogP contribution in [0.2, 0.25) is 0 Å². The first-order valence-electron chi connectivity index (χ1n) is 11.9. The summed E-state index contributed by atoms with van der Waals surface area (Å²) < 4.78 is 0. The lowest BCUT2D eigenvalue weighted by molar-refractivity contribution is -0.115. The number of carbonyl (C=O) groups is 2. The molecule has 4 aromatic heterocycles. The molecule has 0 saturated carbocycles. The minimum absolute atomic E-state index is 0.0513. The molecule has 2 amide bonds. The van der Waals surface area contributed by atoms with E-state index in [1.54, 1.807) is 36.5 Å². The highest BCUT2D eigenvalue weighted by atomic mass is 16.2. The zero-order valence-corrected chi connectivity index (χ0v) is 20.3. The van der Waals surface area contributed by atoms with Crippen LogP contribution in [0.15, 0.2) is 48.9 Å². The van der Waals surface area contributed by atoms with Crippen LogP contribution in [0.4, 0.5) is 5.69 Å². The highest BCUT2D eigenvalue weighted by Gasteiger charge is 2.20. The molecular weight excluding hydrogens is 456 g/mol. The van der Waals surface area contributed by atoms with Crippen LogP contribution >= 0.6 is 0 Å². The molecular formula is C26H26N8O2. The molecule has 36 heavy (non-hydrogen) atoms. The van der Waals surface area contributed by atoms with E-state index < -0.39 is 0 Å². The zero-order valence-electron chi connectivity index (χ0n) is 20.3. The highest BCUT2D eigenvalue weighted by Crippen LogP contribution is 2.30. The molecule has 0 saturated heterocycles. The fraction of sp³-hybridized carbons (Fsp3) is 0.231. The number of rotatable bonds is 7. The third-order valence-electron chi connectivity index (χ3n) is 6.12.